The first-order valence-corrected chi connectivity index (χ1v) is 17.1. The quantitative estimate of drug-likeness (QED) is 0.175. The van der Waals surface area contributed by atoms with Crippen molar-refractivity contribution in [2.24, 2.45) is 0 Å². The van der Waals surface area contributed by atoms with Crippen molar-refractivity contribution in [1.29, 1.82) is 0 Å². The second kappa shape index (κ2) is 12.3. The standard InChI is InChI=1S/C45H28N6O/c1-2-7-31(8-3-1)40-28-34-17-18-39-41(42(34)52-40)37-11-4-5-12-38(37)51(39)36-10-6-9-35(27-36)45-49-43(48-44(50-45)33-21-25-47-26-22-33)32-15-13-29(14-16-32)30-19-23-46-24-20-30/h1-28H. The third-order valence-electron chi connectivity index (χ3n) is 9.47. The summed E-state index contributed by atoms with van der Waals surface area (Å²) in [7, 11) is 0. The lowest BCUT2D eigenvalue weighted by Gasteiger charge is -2.12. The molecule has 0 N–H and O–H groups in total. The van der Waals surface area contributed by atoms with Crippen LogP contribution in [0.15, 0.2) is 175 Å². The van der Waals surface area contributed by atoms with Crippen LogP contribution >= 0.6 is 0 Å². The molecule has 5 aromatic heterocycles. The topological polar surface area (TPSA) is 82.5 Å². The van der Waals surface area contributed by atoms with Crippen LogP contribution in [-0.2, 0) is 0 Å². The maximum absolute atomic E-state index is 6.61. The predicted octanol–water partition coefficient (Wildman–Crippen LogP) is 10.8. The molecule has 0 bridgehead atoms. The molecule has 0 spiro atoms. The van der Waals surface area contributed by atoms with Crippen LogP contribution in [-0.4, -0.2) is 29.5 Å². The molecule has 5 aromatic carbocycles. The van der Waals surface area contributed by atoms with Crippen LogP contribution in [0.25, 0.3) is 95.1 Å². The van der Waals surface area contributed by atoms with Crippen LogP contribution in [0, 0.1) is 0 Å². The summed E-state index contributed by atoms with van der Waals surface area (Å²) in [5, 5.41) is 3.27. The Morgan fingerprint density at radius 2 is 1.02 bits per heavy atom. The second-order valence-corrected chi connectivity index (χ2v) is 12.6. The minimum Gasteiger partial charge on any atom is -0.455 e. The van der Waals surface area contributed by atoms with E-state index in [0.29, 0.717) is 17.5 Å². The lowest BCUT2D eigenvalue weighted by Crippen LogP contribution is -2.01. The Morgan fingerprint density at radius 3 is 1.77 bits per heavy atom. The fraction of sp³-hybridized carbons (Fsp3) is 0. The highest BCUT2D eigenvalue weighted by Crippen LogP contribution is 2.40. The van der Waals surface area contributed by atoms with E-state index < -0.39 is 0 Å². The number of hydrogen-bond donors (Lipinski definition) is 0. The molecule has 0 unspecified atom stereocenters. The lowest BCUT2D eigenvalue weighted by atomic mass is 10.0. The average molecular weight is 669 g/mol. The molecule has 0 saturated heterocycles. The highest BCUT2D eigenvalue weighted by atomic mass is 16.3. The van der Waals surface area contributed by atoms with E-state index in [1.54, 1.807) is 24.8 Å². The molecule has 0 radical (unpaired) electrons. The molecule has 0 atom stereocenters. The van der Waals surface area contributed by atoms with Crippen LogP contribution < -0.4 is 0 Å². The van der Waals surface area contributed by atoms with Gasteiger partial charge in [0.1, 0.15) is 11.3 Å². The van der Waals surface area contributed by atoms with E-state index >= 15 is 0 Å². The normalized spacial score (nSPS) is 11.5. The summed E-state index contributed by atoms with van der Waals surface area (Å²) in [6, 6.07) is 49.7. The monoisotopic (exact) mass is 668 g/mol. The van der Waals surface area contributed by atoms with Crippen LogP contribution in [0.5, 0.6) is 0 Å². The number of furan rings is 1. The summed E-state index contributed by atoms with van der Waals surface area (Å²) in [6.45, 7) is 0. The van der Waals surface area contributed by atoms with Crippen molar-refractivity contribution < 1.29 is 4.42 Å². The van der Waals surface area contributed by atoms with Gasteiger partial charge in [-0.05, 0) is 71.8 Å². The van der Waals surface area contributed by atoms with Crippen LogP contribution in [0.4, 0.5) is 0 Å². The Hall–Kier alpha value is -7.25. The van der Waals surface area contributed by atoms with E-state index in [4.69, 9.17) is 19.4 Å². The van der Waals surface area contributed by atoms with E-state index in [1.165, 1.54) is 0 Å². The number of aromatic nitrogens is 6. The highest BCUT2D eigenvalue weighted by molar-refractivity contribution is 6.20. The van der Waals surface area contributed by atoms with E-state index in [0.717, 1.165) is 77.6 Å². The fourth-order valence-corrected chi connectivity index (χ4v) is 6.98. The largest absolute Gasteiger partial charge is 0.455 e. The predicted molar refractivity (Wildman–Crippen MR) is 207 cm³/mol. The number of hydrogen-bond acceptors (Lipinski definition) is 6. The summed E-state index contributed by atoms with van der Waals surface area (Å²) >= 11 is 0. The number of para-hydroxylation sites is 1. The van der Waals surface area contributed by atoms with Crippen LogP contribution in [0.1, 0.15) is 0 Å². The molecule has 0 saturated carbocycles. The Kier molecular flexibility index (Phi) is 6.99. The first-order valence-electron chi connectivity index (χ1n) is 17.1. The fourth-order valence-electron chi connectivity index (χ4n) is 6.98. The van der Waals surface area contributed by atoms with Crippen molar-refractivity contribution in [3.63, 3.8) is 0 Å². The Labute approximate surface area is 298 Å². The molecule has 0 aliphatic carbocycles. The van der Waals surface area contributed by atoms with Crippen molar-refractivity contribution in [3.8, 4) is 62.3 Å². The summed E-state index contributed by atoms with van der Waals surface area (Å²) in [5.74, 6) is 2.61. The number of benzene rings is 5. The minimum atomic E-state index is 0.581. The highest BCUT2D eigenvalue weighted by Gasteiger charge is 2.19. The van der Waals surface area contributed by atoms with Gasteiger partial charge >= 0.3 is 0 Å². The van der Waals surface area contributed by atoms with E-state index in [9.17, 15) is 0 Å². The SMILES string of the molecule is c1ccc(-c2cc3ccc4c(c5ccccc5n4-c4cccc(-c5nc(-c6ccncc6)nc(-c6ccc(-c7ccncc7)cc6)n5)c4)c3o2)cc1. The van der Waals surface area contributed by atoms with Gasteiger partial charge in [0.2, 0.25) is 0 Å². The number of rotatable bonds is 6. The molecule has 10 rings (SSSR count). The molecule has 0 fully saturated rings. The van der Waals surface area contributed by atoms with Crippen LogP contribution in [0.2, 0.25) is 0 Å². The van der Waals surface area contributed by atoms with Crippen LogP contribution in [0.3, 0.4) is 0 Å². The van der Waals surface area contributed by atoms with Gasteiger partial charge in [0.25, 0.3) is 0 Å². The Balaban J connectivity index is 1.12. The molecule has 7 nitrogen and oxygen atoms in total. The van der Waals surface area contributed by atoms with E-state index in [-0.39, 0.29) is 0 Å². The van der Waals surface area contributed by atoms with Crippen molar-refractivity contribution in [1.82, 2.24) is 29.5 Å². The van der Waals surface area contributed by atoms with Crippen molar-refractivity contribution in [2.45, 2.75) is 0 Å². The van der Waals surface area contributed by atoms with Gasteiger partial charge in [-0.1, -0.05) is 84.9 Å². The third kappa shape index (κ3) is 5.11. The molecule has 5 heterocycles. The molecule has 7 heteroatoms. The molecule has 0 aliphatic heterocycles. The summed E-state index contributed by atoms with van der Waals surface area (Å²) < 4.78 is 8.91. The molecule has 0 aliphatic rings. The summed E-state index contributed by atoms with van der Waals surface area (Å²) in [6.07, 6.45) is 7.11. The van der Waals surface area contributed by atoms with Gasteiger partial charge in [0.15, 0.2) is 17.5 Å². The maximum atomic E-state index is 6.61. The van der Waals surface area contributed by atoms with Gasteiger partial charge in [-0.15, -0.1) is 0 Å². The first kappa shape index (κ1) is 29.6. The van der Waals surface area contributed by atoms with Gasteiger partial charge < -0.3 is 8.98 Å². The van der Waals surface area contributed by atoms with E-state index in [1.807, 2.05) is 42.5 Å². The molecular formula is C45H28N6O. The van der Waals surface area contributed by atoms with Gasteiger partial charge in [-0.25, -0.2) is 15.0 Å². The summed E-state index contributed by atoms with van der Waals surface area (Å²) in [4.78, 5) is 23.3. The number of fused-ring (bicyclic) bond motifs is 5. The van der Waals surface area contributed by atoms with Crippen molar-refractivity contribution >= 4 is 32.8 Å². The number of pyridine rings is 2. The zero-order chi connectivity index (χ0) is 34.4. The van der Waals surface area contributed by atoms with Gasteiger partial charge in [-0.3, -0.25) is 9.97 Å². The maximum Gasteiger partial charge on any atom is 0.164 e. The smallest absolute Gasteiger partial charge is 0.164 e. The van der Waals surface area contributed by atoms with E-state index in [2.05, 4.69) is 118 Å². The molecule has 244 valence electrons. The minimum absolute atomic E-state index is 0.581. The third-order valence-corrected chi connectivity index (χ3v) is 9.47. The van der Waals surface area contributed by atoms with Crippen molar-refractivity contribution in [3.05, 3.63) is 170 Å². The zero-order valence-electron chi connectivity index (χ0n) is 27.8. The van der Waals surface area contributed by atoms with Gasteiger partial charge in [0.05, 0.1) is 16.4 Å². The summed E-state index contributed by atoms with van der Waals surface area (Å²) in [5.41, 5.74) is 9.90. The second-order valence-electron chi connectivity index (χ2n) is 12.6. The lowest BCUT2D eigenvalue weighted by molar-refractivity contribution is 0.635. The molecule has 0 amide bonds. The first-order chi connectivity index (χ1) is 25.8. The Morgan fingerprint density at radius 1 is 0.423 bits per heavy atom. The average Bonchev–Trinajstić information content (AvgIpc) is 3.82. The Bertz CT molecular complexity index is 2880. The molecule has 52 heavy (non-hydrogen) atoms. The van der Waals surface area contributed by atoms with Gasteiger partial charge in [0, 0.05) is 63.5 Å². The molecular weight excluding hydrogens is 641 g/mol. The molecule has 10 aromatic rings. The number of nitrogens with zero attached hydrogens (tertiary/aromatic N) is 6. The zero-order valence-corrected chi connectivity index (χ0v) is 27.8. The van der Waals surface area contributed by atoms with Gasteiger partial charge in [-0.2, -0.15) is 0 Å². The van der Waals surface area contributed by atoms with Crippen molar-refractivity contribution in [2.75, 3.05) is 0 Å².